The molecular formula is C26H26N4O2. The molecule has 0 bridgehead atoms. The molecule has 4 aromatic rings. The van der Waals surface area contributed by atoms with Crippen molar-refractivity contribution in [3.8, 4) is 17.1 Å². The number of hydrogen-bond donors (Lipinski definition) is 0. The Balaban J connectivity index is 1.30. The van der Waals surface area contributed by atoms with E-state index >= 15 is 0 Å². The summed E-state index contributed by atoms with van der Waals surface area (Å²) in [5.41, 5.74) is 5.14. The molecule has 6 heteroatoms. The molecule has 0 radical (unpaired) electrons. The van der Waals surface area contributed by atoms with Gasteiger partial charge in [0, 0.05) is 37.5 Å². The smallest absolute Gasteiger partial charge is 0.213 e. The summed E-state index contributed by atoms with van der Waals surface area (Å²) in [5, 5.41) is 0. The van der Waals surface area contributed by atoms with Gasteiger partial charge in [0.05, 0.1) is 18.3 Å². The van der Waals surface area contributed by atoms with Gasteiger partial charge in [0.1, 0.15) is 11.3 Å². The van der Waals surface area contributed by atoms with Crippen molar-refractivity contribution in [2.24, 2.45) is 5.92 Å². The number of nitrogens with zero attached hydrogens (tertiary/aromatic N) is 4. The molecule has 5 heterocycles. The Morgan fingerprint density at radius 1 is 0.969 bits per heavy atom. The van der Waals surface area contributed by atoms with E-state index in [1.54, 1.807) is 6.20 Å². The molecule has 1 aromatic carbocycles. The van der Waals surface area contributed by atoms with Crippen molar-refractivity contribution in [3.05, 3.63) is 72.2 Å². The molecule has 32 heavy (non-hydrogen) atoms. The Kier molecular flexibility index (Phi) is 5.07. The van der Waals surface area contributed by atoms with E-state index in [4.69, 9.17) is 19.4 Å². The van der Waals surface area contributed by atoms with Crippen molar-refractivity contribution in [2.45, 2.75) is 31.7 Å². The van der Waals surface area contributed by atoms with E-state index < -0.39 is 0 Å². The molecular weight excluding hydrogens is 400 g/mol. The fourth-order valence-electron chi connectivity index (χ4n) is 4.84. The first-order valence-corrected chi connectivity index (χ1v) is 11.4. The van der Waals surface area contributed by atoms with Crippen LogP contribution in [0.3, 0.4) is 0 Å². The lowest BCUT2D eigenvalue weighted by Gasteiger charge is -2.21. The van der Waals surface area contributed by atoms with Crippen LogP contribution in [0.5, 0.6) is 5.88 Å². The first-order valence-electron chi connectivity index (χ1n) is 11.4. The van der Waals surface area contributed by atoms with Crippen LogP contribution in [0.2, 0.25) is 0 Å². The minimum atomic E-state index is 0.287. The number of ether oxygens (including phenoxy) is 2. The van der Waals surface area contributed by atoms with Crippen molar-refractivity contribution in [3.63, 3.8) is 0 Å². The molecule has 0 saturated carbocycles. The first kappa shape index (κ1) is 19.4. The molecule has 0 unspecified atom stereocenters. The van der Waals surface area contributed by atoms with Gasteiger partial charge in [0.15, 0.2) is 5.65 Å². The van der Waals surface area contributed by atoms with Crippen molar-refractivity contribution >= 4 is 11.2 Å². The average Bonchev–Trinajstić information content (AvgIpc) is 3.43. The molecule has 0 N–H and O–H groups in total. The van der Waals surface area contributed by atoms with E-state index in [0.29, 0.717) is 18.4 Å². The lowest BCUT2D eigenvalue weighted by Crippen LogP contribution is -2.21. The molecule has 3 aromatic heterocycles. The molecule has 0 amide bonds. The number of aryl methyl sites for hydroxylation is 1. The van der Waals surface area contributed by atoms with Crippen molar-refractivity contribution in [1.29, 1.82) is 0 Å². The molecule has 6 rings (SSSR count). The summed E-state index contributed by atoms with van der Waals surface area (Å²) < 4.78 is 13.8. The average molecular weight is 427 g/mol. The van der Waals surface area contributed by atoms with Crippen LogP contribution in [0.25, 0.3) is 22.4 Å². The van der Waals surface area contributed by atoms with Crippen LogP contribution in [-0.4, -0.2) is 39.3 Å². The van der Waals surface area contributed by atoms with Gasteiger partial charge in [0.25, 0.3) is 0 Å². The maximum absolute atomic E-state index is 6.02. The molecule has 0 spiro atoms. The van der Waals surface area contributed by atoms with E-state index in [1.165, 1.54) is 5.56 Å². The topological polar surface area (TPSA) is 62.1 Å². The highest BCUT2D eigenvalue weighted by molar-refractivity contribution is 5.77. The van der Waals surface area contributed by atoms with Crippen LogP contribution >= 0.6 is 0 Å². The predicted molar refractivity (Wildman–Crippen MR) is 123 cm³/mol. The fraction of sp³-hybridized carbons (Fsp3) is 0.346. The Morgan fingerprint density at radius 2 is 1.84 bits per heavy atom. The van der Waals surface area contributed by atoms with Crippen LogP contribution < -0.4 is 4.74 Å². The van der Waals surface area contributed by atoms with Crippen LogP contribution in [-0.2, 0) is 11.2 Å². The van der Waals surface area contributed by atoms with Crippen LogP contribution in [0.15, 0.2) is 60.8 Å². The molecule has 1 atom stereocenters. The molecule has 1 fully saturated rings. The Hall–Kier alpha value is -3.25. The second kappa shape index (κ2) is 8.36. The molecule has 2 aliphatic heterocycles. The first-order chi connectivity index (χ1) is 15.8. The van der Waals surface area contributed by atoms with Crippen LogP contribution in [0.4, 0.5) is 0 Å². The molecule has 6 nitrogen and oxygen atoms in total. The Labute approximate surface area is 187 Å². The third-order valence-electron chi connectivity index (χ3n) is 6.59. The number of benzene rings is 1. The van der Waals surface area contributed by atoms with Crippen molar-refractivity contribution < 1.29 is 9.47 Å². The summed E-state index contributed by atoms with van der Waals surface area (Å²) in [6.45, 7) is 2.33. The lowest BCUT2D eigenvalue weighted by molar-refractivity contribution is 0.0490. The largest absolute Gasteiger partial charge is 0.477 e. The molecule has 1 saturated heterocycles. The maximum Gasteiger partial charge on any atom is 0.213 e. The summed E-state index contributed by atoms with van der Waals surface area (Å²) >= 11 is 0. The Morgan fingerprint density at radius 3 is 2.72 bits per heavy atom. The second-order valence-electron chi connectivity index (χ2n) is 8.65. The normalized spacial score (nSPS) is 18.7. The summed E-state index contributed by atoms with van der Waals surface area (Å²) in [7, 11) is 0. The minimum absolute atomic E-state index is 0.287. The highest BCUT2D eigenvalue weighted by Gasteiger charge is 2.27. The lowest BCUT2D eigenvalue weighted by atomic mass is 10.0. The highest BCUT2D eigenvalue weighted by atomic mass is 16.5. The monoisotopic (exact) mass is 426 g/mol. The standard InChI is InChI=1S/C26H26N4O2/c1-2-4-19(5-3-1)23-8-9-24-28-22-7-6-21(29-26(22)30(23)24)20-10-13-27-25(16-20)32-17-18-11-14-31-15-12-18/h1-7,10,13,16,18,23H,8-9,11-12,14-15,17H2/t23-/m1/s1. The van der Waals surface area contributed by atoms with Gasteiger partial charge in [-0.1, -0.05) is 30.3 Å². The number of pyridine rings is 2. The number of imidazole rings is 1. The number of aromatic nitrogens is 4. The van der Waals surface area contributed by atoms with Gasteiger partial charge in [-0.05, 0) is 48.9 Å². The number of fused-ring (bicyclic) bond motifs is 3. The maximum atomic E-state index is 6.02. The van der Waals surface area contributed by atoms with Gasteiger partial charge in [0.2, 0.25) is 5.88 Å². The van der Waals surface area contributed by atoms with Crippen LogP contribution in [0.1, 0.15) is 36.7 Å². The van der Waals surface area contributed by atoms with E-state index in [9.17, 15) is 0 Å². The number of rotatable bonds is 5. The summed E-state index contributed by atoms with van der Waals surface area (Å²) in [6, 6.07) is 19.0. The minimum Gasteiger partial charge on any atom is -0.477 e. The van der Waals surface area contributed by atoms with Crippen molar-refractivity contribution in [2.75, 3.05) is 19.8 Å². The zero-order valence-corrected chi connectivity index (χ0v) is 18.0. The molecule has 2 aliphatic rings. The zero-order chi connectivity index (χ0) is 21.3. The van der Waals surface area contributed by atoms with Gasteiger partial charge < -0.3 is 14.0 Å². The highest BCUT2D eigenvalue weighted by Crippen LogP contribution is 2.35. The molecule has 0 aliphatic carbocycles. The number of hydrogen-bond acceptors (Lipinski definition) is 5. The van der Waals surface area contributed by atoms with Crippen molar-refractivity contribution in [1.82, 2.24) is 19.5 Å². The third kappa shape index (κ3) is 3.65. The van der Waals surface area contributed by atoms with Gasteiger partial charge in [-0.15, -0.1) is 0 Å². The van der Waals surface area contributed by atoms with Gasteiger partial charge >= 0.3 is 0 Å². The van der Waals surface area contributed by atoms with E-state index in [2.05, 4.69) is 45.9 Å². The van der Waals surface area contributed by atoms with Gasteiger partial charge in [-0.3, -0.25) is 0 Å². The third-order valence-corrected chi connectivity index (χ3v) is 6.59. The van der Waals surface area contributed by atoms with Crippen LogP contribution in [0, 0.1) is 5.92 Å². The summed E-state index contributed by atoms with van der Waals surface area (Å²) in [5.74, 6) is 2.30. The quantitative estimate of drug-likeness (QED) is 0.457. The second-order valence-corrected chi connectivity index (χ2v) is 8.65. The summed E-state index contributed by atoms with van der Waals surface area (Å²) in [4.78, 5) is 14.3. The summed E-state index contributed by atoms with van der Waals surface area (Å²) in [6.07, 6.45) is 5.94. The van der Waals surface area contributed by atoms with E-state index in [1.807, 2.05) is 18.2 Å². The van der Waals surface area contributed by atoms with Gasteiger partial charge in [-0.25, -0.2) is 15.0 Å². The predicted octanol–water partition coefficient (Wildman–Crippen LogP) is 4.83. The SMILES string of the molecule is c1ccc([C@H]2CCc3nc4ccc(-c5ccnc(OCC6CCOCC6)c5)nc4n32)cc1. The fourth-order valence-corrected chi connectivity index (χ4v) is 4.84. The van der Waals surface area contributed by atoms with E-state index in [-0.39, 0.29) is 6.04 Å². The molecule has 162 valence electrons. The zero-order valence-electron chi connectivity index (χ0n) is 18.0. The van der Waals surface area contributed by atoms with Gasteiger partial charge in [-0.2, -0.15) is 0 Å². The Bertz CT molecular complexity index is 1230. The van der Waals surface area contributed by atoms with E-state index in [0.717, 1.165) is 67.1 Å².